The van der Waals surface area contributed by atoms with E-state index in [0.29, 0.717) is 5.92 Å². The number of thiophene rings is 1. The molecule has 3 fully saturated rings. The summed E-state index contributed by atoms with van der Waals surface area (Å²) >= 11 is 1.76. The highest BCUT2D eigenvalue weighted by atomic mass is 32.1. The fourth-order valence-electron chi connectivity index (χ4n) is 4.08. The van der Waals surface area contributed by atoms with Crippen LogP contribution < -0.4 is 0 Å². The standard InChI is InChI=1S/C17H24N2O2S.C2HF3O2/c20-17(19-5-1-2-6-19)15-9-14-3-7-18(11-16(14)21-15)10-13-4-8-22-12-13;3-2(4,5)1(6)7/h4,8,12,14-16H,1-3,5-7,9-11H2;(H,6,7)/t14-,15+,16-;/m0./s1. The Morgan fingerprint density at radius 1 is 1.24 bits per heavy atom. The van der Waals surface area contributed by atoms with E-state index in [-0.39, 0.29) is 18.1 Å². The van der Waals surface area contributed by atoms with Crippen molar-refractivity contribution in [1.29, 1.82) is 0 Å². The van der Waals surface area contributed by atoms with Gasteiger partial charge in [0.05, 0.1) is 6.10 Å². The molecular weight excluding hydrogens is 409 g/mol. The molecule has 1 amide bonds. The highest BCUT2D eigenvalue weighted by molar-refractivity contribution is 7.07. The maximum absolute atomic E-state index is 12.5. The number of carbonyl (C=O) groups is 2. The molecule has 0 aromatic carbocycles. The van der Waals surface area contributed by atoms with Crippen molar-refractivity contribution in [2.45, 2.75) is 50.6 Å². The van der Waals surface area contributed by atoms with E-state index >= 15 is 0 Å². The molecule has 0 saturated carbocycles. The summed E-state index contributed by atoms with van der Waals surface area (Å²) in [7, 11) is 0. The summed E-state index contributed by atoms with van der Waals surface area (Å²) in [5.41, 5.74) is 1.39. The van der Waals surface area contributed by atoms with Crippen LogP contribution >= 0.6 is 11.3 Å². The van der Waals surface area contributed by atoms with Crippen molar-refractivity contribution in [3.8, 4) is 0 Å². The molecule has 1 aromatic rings. The van der Waals surface area contributed by atoms with Gasteiger partial charge in [-0.25, -0.2) is 4.79 Å². The number of fused-ring (bicyclic) bond motifs is 1. The summed E-state index contributed by atoms with van der Waals surface area (Å²) in [6, 6.07) is 2.20. The maximum atomic E-state index is 12.5. The first kappa shape index (κ1) is 22.0. The van der Waals surface area contributed by atoms with Crippen molar-refractivity contribution in [2.24, 2.45) is 5.92 Å². The van der Waals surface area contributed by atoms with Gasteiger partial charge < -0.3 is 14.7 Å². The molecule has 3 aliphatic rings. The first-order valence-corrected chi connectivity index (χ1v) is 10.7. The Labute approximate surface area is 171 Å². The third kappa shape index (κ3) is 5.93. The number of carboxylic acid groups (broad SMARTS) is 1. The molecule has 4 heterocycles. The lowest BCUT2D eigenvalue weighted by molar-refractivity contribution is -0.192. The second kappa shape index (κ2) is 9.44. The molecule has 162 valence electrons. The van der Waals surface area contributed by atoms with Gasteiger partial charge in [-0.2, -0.15) is 24.5 Å². The number of amides is 1. The van der Waals surface area contributed by atoms with Crippen LogP contribution in [0.4, 0.5) is 13.2 Å². The van der Waals surface area contributed by atoms with Crippen molar-refractivity contribution in [3.05, 3.63) is 22.4 Å². The van der Waals surface area contributed by atoms with E-state index in [0.717, 1.165) is 52.0 Å². The highest BCUT2D eigenvalue weighted by Gasteiger charge is 2.43. The Balaban J connectivity index is 0.000000298. The number of alkyl halides is 3. The number of rotatable bonds is 3. The number of aliphatic carboxylic acids is 1. The number of hydrogen-bond donors (Lipinski definition) is 1. The molecule has 4 rings (SSSR count). The molecule has 0 bridgehead atoms. The maximum Gasteiger partial charge on any atom is 0.490 e. The average molecular weight is 434 g/mol. The van der Waals surface area contributed by atoms with Crippen LogP contribution in [0.25, 0.3) is 0 Å². The summed E-state index contributed by atoms with van der Waals surface area (Å²) in [6.07, 6.45) is -0.595. The van der Waals surface area contributed by atoms with Crippen LogP contribution in [0.2, 0.25) is 0 Å². The Morgan fingerprint density at radius 3 is 2.52 bits per heavy atom. The van der Waals surface area contributed by atoms with Crippen LogP contribution in [-0.4, -0.2) is 71.3 Å². The van der Waals surface area contributed by atoms with E-state index in [9.17, 15) is 18.0 Å². The number of carbonyl (C=O) groups excluding carboxylic acids is 1. The van der Waals surface area contributed by atoms with Gasteiger partial charge in [-0.05, 0) is 60.5 Å². The Hall–Kier alpha value is -1.65. The second-order valence-electron chi connectivity index (χ2n) is 7.65. The quantitative estimate of drug-likeness (QED) is 0.792. The highest BCUT2D eigenvalue weighted by Crippen LogP contribution is 2.35. The van der Waals surface area contributed by atoms with E-state index in [1.807, 2.05) is 4.90 Å². The van der Waals surface area contributed by atoms with E-state index < -0.39 is 12.1 Å². The Bertz CT molecular complexity index is 692. The Kier molecular flexibility index (Phi) is 7.18. The molecular formula is C19H25F3N2O4S. The van der Waals surface area contributed by atoms with Gasteiger partial charge in [0.1, 0.15) is 6.10 Å². The number of halogens is 3. The molecule has 29 heavy (non-hydrogen) atoms. The molecule has 6 nitrogen and oxygen atoms in total. The lowest BCUT2D eigenvalue weighted by Crippen LogP contribution is -2.42. The molecule has 0 spiro atoms. The molecule has 1 aromatic heterocycles. The van der Waals surface area contributed by atoms with Crippen LogP contribution in [0.1, 0.15) is 31.2 Å². The molecule has 0 aliphatic carbocycles. The molecule has 3 saturated heterocycles. The largest absolute Gasteiger partial charge is 0.490 e. The zero-order valence-corrected chi connectivity index (χ0v) is 16.8. The predicted molar refractivity (Wildman–Crippen MR) is 100 cm³/mol. The van der Waals surface area contributed by atoms with Gasteiger partial charge in [0, 0.05) is 26.2 Å². The average Bonchev–Trinajstić information content (AvgIpc) is 3.42. The first-order chi connectivity index (χ1) is 13.7. The SMILES string of the molecule is O=C(O)C(F)(F)F.O=C([C@H]1C[C@@H]2CCN(Cc3ccsc3)C[C@@H]2O1)N1CCCC1. The normalized spacial score (nSPS) is 27.3. The van der Waals surface area contributed by atoms with Crippen molar-refractivity contribution in [2.75, 3.05) is 26.2 Å². The summed E-state index contributed by atoms with van der Waals surface area (Å²) < 4.78 is 37.9. The summed E-state index contributed by atoms with van der Waals surface area (Å²) in [6.45, 7) is 4.98. The number of carboxylic acids is 1. The van der Waals surface area contributed by atoms with E-state index in [1.54, 1.807) is 11.3 Å². The molecule has 1 N–H and O–H groups in total. The van der Waals surface area contributed by atoms with E-state index in [1.165, 1.54) is 12.0 Å². The van der Waals surface area contributed by atoms with Gasteiger partial charge in [-0.15, -0.1) is 0 Å². The third-order valence-corrected chi connectivity index (χ3v) is 6.29. The summed E-state index contributed by atoms with van der Waals surface area (Å²) in [4.78, 5) is 25.9. The van der Waals surface area contributed by atoms with Crippen LogP contribution in [-0.2, 0) is 20.9 Å². The number of ether oxygens (including phenoxy) is 1. The minimum absolute atomic E-state index is 0.172. The number of hydrogen-bond acceptors (Lipinski definition) is 5. The second-order valence-corrected chi connectivity index (χ2v) is 8.43. The van der Waals surface area contributed by atoms with Gasteiger partial charge in [-0.1, -0.05) is 0 Å². The van der Waals surface area contributed by atoms with Gasteiger partial charge in [0.15, 0.2) is 0 Å². The van der Waals surface area contributed by atoms with Crippen molar-refractivity contribution in [1.82, 2.24) is 9.80 Å². The van der Waals surface area contributed by atoms with E-state index in [4.69, 9.17) is 14.6 Å². The topological polar surface area (TPSA) is 70.1 Å². The van der Waals surface area contributed by atoms with Crippen molar-refractivity contribution >= 4 is 23.2 Å². The minimum atomic E-state index is -5.08. The predicted octanol–water partition coefficient (Wildman–Crippen LogP) is 2.98. The minimum Gasteiger partial charge on any atom is -0.475 e. The van der Waals surface area contributed by atoms with E-state index in [2.05, 4.69) is 21.7 Å². The molecule has 3 atom stereocenters. The van der Waals surface area contributed by atoms with Gasteiger partial charge in [-0.3, -0.25) is 9.69 Å². The number of piperidine rings is 1. The molecule has 0 unspecified atom stereocenters. The van der Waals surface area contributed by atoms with Gasteiger partial charge >= 0.3 is 12.1 Å². The van der Waals surface area contributed by atoms with Crippen molar-refractivity contribution in [3.63, 3.8) is 0 Å². The van der Waals surface area contributed by atoms with Crippen LogP contribution in [0.5, 0.6) is 0 Å². The van der Waals surface area contributed by atoms with Crippen LogP contribution in [0.15, 0.2) is 16.8 Å². The van der Waals surface area contributed by atoms with Crippen LogP contribution in [0, 0.1) is 5.92 Å². The number of likely N-dealkylation sites (tertiary alicyclic amines) is 2. The van der Waals surface area contributed by atoms with Crippen molar-refractivity contribution < 1.29 is 32.6 Å². The zero-order valence-electron chi connectivity index (χ0n) is 15.9. The number of nitrogens with zero attached hydrogens (tertiary/aromatic N) is 2. The lowest BCUT2D eigenvalue weighted by atomic mass is 9.91. The Morgan fingerprint density at radius 2 is 1.93 bits per heavy atom. The third-order valence-electron chi connectivity index (χ3n) is 5.56. The fraction of sp³-hybridized carbons (Fsp3) is 0.684. The molecule has 3 aliphatic heterocycles. The smallest absolute Gasteiger partial charge is 0.475 e. The fourth-order valence-corrected chi connectivity index (χ4v) is 4.74. The molecule has 0 radical (unpaired) electrons. The molecule has 10 heteroatoms. The van der Waals surface area contributed by atoms with Gasteiger partial charge in [0.2, 0.25) is 0 Å². The van der Waals surface area contributed by atoms with Crippen LogP contribution in [0.3, 0.4) is 0 Å². The first-order valence-electron chi connectivity index (χ1n) is 9.72. The lowest BCUT2D eigenvalue weighted by Gasteiger charge is -2.33. The summed E-state index contributed by atoms with van der Waals surface area (Å²) in [5, 5.41) is 11.5. The zero-order chi connectivity index (χ0) is 21.0. The monoisotopic (exact) mass is 434 g/mol. The van der Waals surface area contributed by atoms with Gasteiger partial charge in [0.25, 0.3) is 5.91 Å². The summed E-state index contributed by atoms with van der Waals surface area (Å²) in [5.74, 6) is -1.93.